The number of halogens is 1. The van der Waals surface area contributed by atoms with Crippen molar-refractivity contribution < 1.29 is 35.9 Å². The number of ether oxygens (including phenoxy) is 2. The number of sulfone groups is 2. The molecule has 0 unspecified atom stereocenters. The van der Waals surface area contributed by atoms with Crippen molar-refractivity contribution in [1.82, 2.24) is 19.6 Å². The quantitative estimate of drug-likeness (QED) is 0.0720. The van der Waals surface area contributed by atoms with Crippen molar-refractivity contribution in [3.05, 3.63) is 94.7 Å². The molecule has 2 aromatic carbocycles. The van der Waals surface area contributed by atoms with E-state index in [0.717, 1.165) is 57.9 Å². The van der Waals surface area contributed by atoms with Crippen LogP contribution < -0.4 is 0 Å². The average molecular weight is 946 g/mol. The van der Waals surface area contributed by atoms with Gasteiger partial charge in [0.2, 0.25) is 0 Å². The van der Waals surface area contributed by atoms with Crippen LogP contribution in [0.1, 0.15) is 25.2 Å². The molecule has 13 nitrogen and oxygen atoms in total. The number of thiophene rings is 2. The zero-order chi connectivity index (χ0) is 42.8. The Bertz CT molecular complexity index is 2630. The maximum atomic E-state index is 11.9. The molecule has 4 aromatic heterocycles. The first-order valence-corrected chi connectivity index (χ1v) is 23.9. The van der Waals surface area contributed by atoms with E-state index in [1.807, 2.05) is 56.3 Å². The molecule has 58 heavy (non-hydrogen) atoms. The summed E-state index contributed by atoms with van der Waals surface area (Å²) in [5, 5.41) is 8.81. The summed E-state index contributed by atoms with van der Waals surface area (Å²) < 4.78 is 64.1. The van der Waals surface area contributed by atoms with Crippen molar-refractivity contribution in [3.8, 4) is 42.0 Å². The number of benzene rings is 2. The van der Waals surface area contributed by atoms with E-state index in [2.05, 4.69) is 50.9 Å². The van der Waals surface area contributed by atoms with E-state index < -0.39 is 19.7 Å². The fourth-order valence-electron chi connectivity index (χ4n) is 5.44. The van der Waals surface area contributed by atoms with Crippen LogP contribution in [0, 0.1) is 13.8 Å². The first kappa shape index (κ1) is 46.5. The molecule has 4 heterocycles. The van der Waals surface area contributed by atoms with Gasteiger partial charge in [-0.2, -0.15) is 10.2 Å². The molecule has 6 aromatic rings. The standard InChI is InChI=1S/C19H19BrN2O4S2.C19H20N2O4S2.BHNS/c1-4-26-17(23)11-22-19(18(20)12(2)21-22)16-9-8-15(27-16)13-6-5-7-14(10-13)28(3,24)25;1-4-25-19(22)12-21-16(10-13(2)20-21)18-9-8-17(26-18)14-6-5-7-15(11-14)27(3,23)24;1-2-3/h5-10H,4,11H2,1-3H3;5-11H,4,12H2,1-3H3;3H. The first-order valence-electron chi connectivity index (χ1n) is 17.3. The number of thiol groups is 1. The Kier molecular flexibility index (Phi) is 16.6. The van der Waals surface area contributed by atoms with Crippen molar-refractivity contribution in [2.75, 3.05) is 25.7 Å². The van der Waals surface area contributed by atoms with E-state index in [9.17, 15) is 26.4 Å². The van der Waals surface area contributed by atoms with Gasteiger partial charge in [0.05, 0.1) is 60.0 Å². The number of hydrogen-bond acceptors (Lipinski definition) is 14. The third-order valence-corrected chi connectivity index (χ3v) is 13.4. The molecule has 0 saturated heterocycles. The summed E-state index contributed by atoms with van der Waals surface area (Å²) in [6, 6.07) is 23.4. The maximum absolute atomic E-state index is 11.9. The van der Waals surface area contributed by atoms with E-state index in [4.69, 9.17) is 9.47 Å². The molecule has 6 rings (SSSR count). The molecule has 0 aliphatic heterocycles. The number of carbonyl (C=O) groups is 2. The Morgan fingerprint density at radius 3 is 1.67 bits per heavy atom. The second-order valence-corrected chi connectivity index (χ2v) is 19.6. The number of nitrogens with zero attached hydrogens (tertiary/aromatic N) is 5. The molecule has 0 bridgehead atoms. The molecule has 0 aliphatic carbocycles. The zero-order valence-corrected chi connectivity index (χ0v) is 38.1. The summed E-state index contributed by atoms with van der Waals surface area (Å²) >= 11 is 9.77. The summed E-state index contributed by atoms with van der Waals surface area (Å²) in [6.45, 7) is 7.97. The van der Waals surface area contributed by atoms with Gasteiger partial charge in [-0.15, -0.1) is 22.7 Å². The number of aryl methyl sites for hydroxylation is 2. The van der Waals surface area contributed by atoms with Crippen LogP contribution >= 0.6 is 51.4 Å². The van der Waals surface area contributed by atoms with Crippen LogP contribution in [0.15, 0.2) is 97.4 Å². The summed E-state index contributed by atoms with van der Waals surface area (Å²) in [4.78, 5) is 28.0. The number of esters is 2. The third kappa shape index (κ3) is 12.4. The van der Waals surface area contributed by atoms with Crippen molar-refractivity contribution in [2.45, 2.75) is 50.6 Å². The number of hydrogen-bond donors (Lipinski definition) is 1. The Morgan fingerprint density at radius 2 is 1.19 bits per heavy atom. The van der Waals surface area contributed by atoms with Crippen LogP contribution in [-0.2, 0) is 51.8 Å². The fourth-order valence-corrected chi connectivity index (χ4v) is 9.49. The van der Waals surface area contributed by atoms with Crippen LogP contribution in [0.3, 0.4) is 0 Å². The van der Waals surface area contributed by atoms with Crippen LogP contribution in [-0.4, -0.2) is 81.7 Å². The SMILES string of the molecule is CCOC(=O)Cn1nc(C)c(Br)c1-c1ccc(-c2cccc(S(C)(=O)=O)c2)s1.CCOC(=O)Cn1nc(C)cc1-c1ccc(-c2cccc(S(C)(=O)=O)c2)s1.[B]=NS. The van der Waals surface area contributed by atoms with E-state index >= 15 is 0 Å². The molecule has 0 atom stereocenters. The van der Waals surface area contributed by atoms with Crippen LogP contribution in [0.25, 0.3) is 42.0 Å². The van der Waals surface area contributed by atoms with Gasteiger partial charge in [0.25, 0.3) is 0 Å². The fraction of sp³-hybridized carbons (Fsp3) is 0.263. The van der Waals surface area contributed by atoms with E-state index in [1.54, 1.807) is 59.6 Å². The van der Waals surface area contributed by atoms with Crippen molar-refractivity contribution in [1.29, 1.82) is 0 Å². The molecule has 0 aliphatic rings. The zero-order valence-electron chi connectivity index (χ0n) is 32.4. The molecule has 0 spiro atoms. The molecule has 20 heteroatoms. The molecule has 0 amide bonds. The molecule has 1 radical (unpaired) electrons. The Morgan fingerprint density at radius 1 is 0.741 bits per heavy atom. The normalized spacial score (nSPS) is 11.2. The molecule has 0 fully saturated rings. The van der Waals surface area contributed by atoms with Crippen molar-refractivity contribution in [2.24, 2.45) is 4.30 Å². The van der Waals surface area contributed by atoms with Gasteiger partial charge in [0.1, 0.15) is 13.1 Å². The Balaban J connectivity index is 0.000000241. The molecule has 305 valence electrons. The monoisotopic (exact) mass is 944 g/mol. The van der Waals surface area contributed by atoms with Crippen LogP contribution in [0.5, 0.6) is 0 Å². The number of aromatic nitrogens is 4. The summed E-state index contributed by atoms with van der Waals surface area (Å²) in [6.07, 6.45) is 2.39. The number of rotatable bonds is 12. The van der Waals surface area contributed by atoms with Gasteiger partial charge in [0, 0.05) is 22.3 Å². The molecule has 0 N–H and O–H groups in total. The van der Waals surface area contributed by atoms with E-state index in [0.29, 0.717) is 13.2 Å². The van der Waals surface area contributed by atoms with Gasteiger partial charge in [-0.3, -0.25) is 19.0 Å². The van der Waals surface area contributed by atoms with Crippen molar-refractivity contribution >= 4 is 90.7 Å². The van der Waals surface area contributed by atoms with Crippen LogP contribution in [0.2, 0.25) is 0 Å². The second-order valence-electron chi connectivity index (χ2n) is 12.4. The van der Waals surface area contributed by atoms with Gasteiger partial charge in [0.15, 0.2) is 19.7 Å². The Hall–Kier alpha value is -4.21. The molecular formula is C38H40BBrN5O8S5. The topological polar surface area (TPSA) is 169 Å². The van der Waals surface area contributed by atoms with Crippen molar-refractivity contribution in [3.63, 3.8) is 0 Å². The third-order valence-electron chi connectivity index (χ3n) is 7.92. The summed E-state index contributed by atoms with van der Waals surface area (Å²) in [7, 11) is -2.20. The van der Waals surface area contributed by atoms with Crippen LogP contribution in [0.4, 0.5) is 0 Å². The summed E-state index contributed by atoms with van der Waals surface area (Å²) in [5.41, 5.74) is 4.86. The average Bonchev–Trinajstić information content (AvgIpc) is 3.96. The minimum atomic E-state index is -3.28. The predicted molar refractivity (Wildman–Crippen MR) is 236 cm³/mol. The molecule has 0 saturated carbocycles. The first-order chi connectivity index (χ1) is 27.4. The summed E-state index contributed by atoms with van der Waals surface area (Å²) in [5.74, 6) is -0.684. The van der Waals surface area contributed by atoms with Gasteiger partial charge >= 0.3 is 36.7 Å². The molecular weight excluding hydrogens is 905 g/mol. The van der Waals surface area contributed by atoms with E-state index in [1.165, 1.54) is 35.2 Å². The van der Waals surface area contributed by atoms with Gasteiger partial charge in [-0.1, -0.05) is 24.3 Å². The van der Waals surface area contributed by atoms with Gasteiger partial charge in [-0.05, 0) is 109 Å². The Labute approximate surface area is 361 Å². The van der Waals surface area contributed by atoms with Gasteiger partial charge < -0.3 is 9.47 Å². The van der Waals surface area contributed by atoms with E-state index in [-0.39, 0.29) is 34.8 Å². The second kappa shape index (κ2) is 20.7. The minimum absolute atomic E-state index is 0.0202. The van der Waals surface area contributed by atoms with Gasteiger partial charge in [-0.25, -0.2) is 16.8 Å². The number of carbonyl (C=O) groups excluding carboxylic acids is 2. The predicted octanol–water partition coefficient (Wildman–Crippen LogP) is 8.05.